The Morgan fingerprint density at radius 1 is 0.476 bits per heavy atom. The first kappa shape index (κ1) is 24.3. The van der Waals surface area contributed by atoms with Gasteiger partial charge in [-0.05, 0) is 51.0 Å². The van der Waals surface area contributed by atoms with Gasteiger partial charge in [0.15, 0.2) is 0 Å². The number of fused-ring (bicyclic) bond motifs is 4. The van der Waals surface area contributed by atoms with Crippen molar-refractivity contribution >= 4 is 27.1 Å². The van der Waals surface area contributed by atoms with E-state index in [9.17, 15) is 4.39 Å². The van der Waals surface area contributed by atoms with E-state index in [4.69, 9.17) is 5.10 Å². The molecule has 8 rings (SSSR count). The van der Waals surface area contributed by atoms with Gasteiger partial charge in [-0.25, -0.2) is 8.91 Å². The molecule has 0 spiro atoms. The molecular formula is C39H25FN2. The third kappa shape index (κ3) is 3.90. The van der Waals surface area contributed by atoms with Crippen LogP contribution in [0.4, 0.5) is 4.39 Å². The average molecular weight is 541 g/mol. The lowest BCUT2D eigenvalue weighted by Crippen LogP contribution is -1.96. The zero-order chi connectivity index (χ0) is 28.0. The topological polar surface area (TPSA) is 17.3 Å². The number of aromatic nitrogens is 2. The number of pyridine rings is 1. The predicted octanol–water partition coefficient (Wildman–Crippen LogP) is 10.4. The van der Waals surface area contributed by atoms with Gasteiger partial charge in [-0.15, -0.1) is 0 Å². The van der Waals surface area contributed by atoms with Gasteiger partial charge in [0, 0.05) is 22.1 Å². The zero-order valence-corrected chi connectivity index (χ0v) is 22.7. The third-order valence-electron chi connectivity index (χ3n) is 8.07. The molecule has 3 heteroatoms. The van der Waals surface area contributed by atoms with E-state index >= 15 is 0 Å². The summed E-state index contributed by atoms with van der Waals surface area (Å²) in [7, 11) is 0. The maximum absolute atomic E-state index is 14.9. The molecule has 42 heavy (non-hydrogen) atoms. The highest BCUT2D eigenvalue weighted by Crippen LogP contribution is 2.44. The van der Waals surface area contributed by atoms with Crippen LogP contribution in [-0.2, 0) is 0 Å². The number of rotatable bonds is 4. The largest absolute Gasteiger partial charge is 0.231 e. The summed E-state index contributed by atoms with van der Waals surface area (Å²) in [5, 5.41) is 9.55. The smallest absolute Gasteiger partial charge is 0.123 e. The molecule has 0 N–H and O–H groups in total. The van der Waals surface area contributed by atoms with Crippen molar-refractivity contribution < 1.29 is 4.39 Å². The van der Waals surface area contributed by atoms with Gasteiger partial charge in [0.2, 0.25) is 0 Å². The third-order valence-corrected chi connectivity index (χ3v) is 8.07. The Kier molecular flexibility index (Phi) is 5.68. The molecule has 0 aliphatic carbocycles. The minimum Gasteiger partial charge on any atom is -0.231 e. The Morgan fingerprint density at radius 3 is 1.93 bits per heavy atom. The van der Waals surface area contributed by atoms with E-state index in [1.165, 1.54) is 16.8 Å². The highest BCUT2D eigenvalue weighted by Gasteiger charge is 2.23. The summed E-state index contributed by atoms with van der Waals surface area (Å²) >= 11 is 0. The summed E-state index contributed by atoms with van der Waals surface area (Å²) < 4.78 is 16.9. The van der Waals surface area contributed by atoms with Crippen LogP contribution in [0.25, 0.3) is 71.8 Å². The van der Waals surface area contributed by atoms with E-state index in [1.54, 1.807) is 6.07 Å². The van der Waals surface area contributed by atoms with Gasteiger partial charge in [0.1, 0.15) is 11.5 Å². The van der Waals surface area contributed by atoms with Crippen molar-refractivity contribution in [3.63, 3.8) is 0 Å². The van der Waals surface area contributed by atoms with E-state index in [2.05, 4.69) is 97.1 Å². The van der Waals surface area contributed by atoms with Gasteiger partial charge in [-0.1, -0.05) is 133 Å². The average Bonchev–Trinajstić information content (AvgIpc) is 3.46. The fourth-order valence-corrected chi connectivity index (χ4v) is 6.18. The van der Waals surface area contributed by atoms with Gasteiger partial charge in [-0.2, -0.15) is 5.10 Å². The van der Waals surface area contributed by atoms with Crippen molar-refractivity contribution in [2.24, 2.45) is 0 Å². The van der Waals surface area contributed by atoms with Crippen LogP contribution >= 0.6 is 0 Å². The van der Waals surface area contributed by atoms with Crippen LogP contribution < -0.4 is 0 Å². The summed E-state index contributed by atoms with van der Waals surface area (Å²) in [4.78, 5) is 0. The fraction of sp³-hybridized carbons (Fsp3) is 0. The van der Waals surface area contributed by atoms with Gasteiger partial charge in [0.25, 0.3) is 0 Å². The number of hydrogen-bond acceptors (Lipinski definition) is 1. The number of hydrogen-bond donors (Lipinski definition) is 0. The minimum atomic E-state index is -0.269. The summed E-state index contributed by atoms with van der Waals surface area (Å²) in [5.41, 5.74) is 9.05. The van der Waals surface area contributed by atoms with Crippen molar-refractivity contribution in [1.82, 2.24) is 9.61 Å². The van der Waals surface area contributed by atoms with Crippen molar-refractivity contribution in [3.8, 4) is 44.8 Å². The predicted molar refractivity (Wildman–Crippen MR) is 172 cm³/mol. The molecule has 198 valence electrons. The molecule has 2 aromatic heterocycles. The Morgan fingerprint density at radius 2 is 1.12 bits per heavy atom. The van der Waals surface area contributed by atoms with Gasteiger partial charge in [0.05, 0.1) is 11.2 Å². The molecule has 0 unspecified atom stereocenters. The molecule has 0 amide bonds. The first-order valence-electron chi connectivity index (χ1n) is 14.1. The second-order valence-electron chi connectivity index (χ2n) is 10.5. The van der Waals surface area contributed by atoms with Crippen LogP contribution in [0.2, 0.25) is 0 Å². The molecule has 2 nitrogen and oxygen atoms in total. The monoisotopic (exact) mass is 540 g/mol. The molecule has 2 heterocycles. The normalized spacial score (nSPS) is 11.5. The Labute approximate surface area is 242 Å². The highest BCUT2D eigenvalue weighted by atomic mass is 19.1. The summed E-state index contributed by atoms with van der Waals surface area (Å²) in [6.07, 6.45) is 0. The molecule has 0 fully saturated rings. The first-order chi connectivity index (χ1) is 20.8. The van der Waals surface area contributed by atoms with Gasteiger partial charge < -0.3 is 0 Å². The van der Waals surface area contributed by atoms with Crippen molar-refractivity contribution in [2.45, 2.75) is 0 Å². The van der Waals surface area contributed by atoms with Crippen LogP contribution in [0.5, 0.6) is 0 Å². The summed E-state index contributed by atoms with van der Waals surface area (Å²) in [6.45, 7) is 0. The quantitative estimate of drug-likeness (QED) is 0.217. The lowest BCUT2D eigenvalue weighted by Gasteiger charge is -2.13. The molecule has 0 aliphatic rings. The van der Waals surface area contributed by atoms with Crippen LogP contribution in [-0.4, -0.2) is 9.61 Å². The van der Waals surface area contributed by atoms with Crippen LogP contribution in [0.3, 0.4) is 0 Å². The first-order valence-corrected chi connectivity index (χ1v) is 14.1. The summed E-state index contributed by atoms with van der Waals surface area (Å²) in [5.74, 6) is -0.269. The van der Waals surface area contributed by atoms with E-state index in [1.807, 2.05) is 47.0 Å². The lowest BCUT2D eigenvalue weighted by atomic mass is 9.90. The van der Waals surface area contributed by atoms with Crippen LogP contribution in [0.1, 0.15) is 0 Å². The zero-order valence-electron chi connectivity index (χ0n) is 22.7. The molecule has 0 aliphatic heterocycles. The van der Waals surface area contributed by atoms with Gasteiger partial charge >= 0.3 is 0 Å². The van der Waals surface area contributed by atoms with E-state index < -0.39 is 0 Å². The molecule has 0 bridgehead atoms. The van der Waals surface area contributed by atoms with Crippen molar-refractivity contribution in [1.29, 1.82) is 0 Å². The fourth-order valence-electron chi connectivity index (χ4n) is 6.18. The molecular weight excluding hydrogens is 515 g/mol. The minimum absolute atomic E-state index is 0.269. The second kappa shape index (κ2) is 9.83. The summed E-state index contributed by atoms with van der Waals surface area (Å²) in [6, 6.07) is 51.1. The maximum atomic E-state index is 14.9. The Bertz CT molecular complexity index is 2240. The number of halogens is 1. The maximum Gasteiger partial charge on any atom is 0.123 e. The molecule has 0 saturated heterocycles. The van der Waals surface area contributed by atoms with Crippen molar-refractivity contribution in [3.05, 3.63) is 157 Å². The standard InChI is InChI=1S/C39H25FN2/c40-30-23-22-29-24-36(27-13-3-1-4-14-27)42-39(35(29)25-30)37(28-15-5-2-6-16-28)38(41-42)34-20-10-9-19-33(34)32-21-11-17-26-12-7-8-18-31(26)32/h1-25H. The lowest BCUT2D eigenvalue weighted by molar-refractivity contribution is 0.630. The van der Waals surface area contributed by atoms with Crippen LogP contribution in [0.15, 0.2) is 152 Å². The SMILES string of the molecule is Fc1ccc2cc(-c3ccccc3)n3nc(-c4ccccc4-c4cccc5ccccc45)c(-c4ccccc4)c3c2c1. The molecule has 0 atom stereocenters. The van der Waals surface area contributed by atoms with Crippen LogP contribution in [0, 0.1) is 5.82 Å². The highest BCUT2D eigenvalue weighted by molar-refractivity contribution is 6.10. The molecule has 8 aromatic rings. The Balaban J connectivity index is 1.54. The molecule has 0 saturated carbocycles. The van der Waals surface area contributed by atoms with E-state index in [0.717, 1.165) is 61.1 Å². The van der Waals surface area contributed by atoms with Crippen molar-refractivity contribution in [2.75, 3.05) is 0 Å². The Hall–Kier alpha value is -5.54. The number of nitrogens with zero attached hydrogens (tertiary/aromatic N) is 2. The van der Waals surface area contributed by atoms with E-state index in [-0.39, 0.29) is 5.82 Å². The molecule has 6 aromatic carbocycles. The van der Waals surface area contributed by atoms with Gasteiger partial charge in [-0.3, -0.25) is 0 Å². The number of benzene rings is 6. The second-order valence-corrected chi connectivity index (χ2v) is 10.5. The molecule has 0 radical (unpaired) electrons. The van der Waals surface area contributed by atoms with E-state index in [0.29, 0.717) is 0 Å².